The van der Waals surface area contributed by atoms with E-state index in [1.165, 1.54) is 17.3 Å². The quantitative estimate of drug-likeness (QED) is 0.498. The lowest BCUT2D eigenvalue weighted by molar-refractivity contribution is -0.119. The maximum Gasteiger partial charge on any atom is 0.277 e. The predicted molar refractivity (Wildman–Crippen MR) is 114 cm³/mol. The zero-order valence-corrected chi connectivity index (χ0v) is 17.8. The van der Waals surface area contributed by atoms with Crippen LogP contribution in [0.15, 0.2) is 58.2 Å². The van der Waals surface area contributed by atoms with Gasteiger partial charge in [0.1, 0.15) is 5.75 Å². The third-order valence-electron chi connectivity index (χ3n) is 4.26. The van der Waals surface area contributed by atoms with Crippen LogP contribution in [0.25, 0.3) is 11.5 Å². The molecule has 0 bridgehead atoms. The maximum atomic E-state index is 12.2. The van der Waals surface area contributed by atoms with E-state index in [2.05, 4.69) is 15.5 Å². The minimum absolute atomic E-state index is 0.0662. The first kappa shape index (κ1) is 21.2. The number of thioether (sulfide) groups is 1. The van der Waals surface area contributed by atoms with Crippen molar-refractivity contribution in [2.24, 2.45) is 0 Å². The third-order valence-corrected chi connectivity index (χ3v) is 5.33. The van der Waals surface area contributed by atoms with E-state index in [4.69, 9.17) is 20.8 Å². The maximum absolute atomic E-state index is 12.2. The fourth-order valence-electron chi connectivity index (χ4n) is 2.67. The summed E-state index contributed by atoms with van der Waals surface area (Å²) in [6.45, 7) is 2.00. The number of benzene rings is 2. The number of halogens is 1. The van der Waals surface area contributed by atoms with Crippen molar-refractivity contribution in [1.82, 2.24) is 15.5 Å². The molecule has 1 unspecified atom stereocenters. The first-order valence-corrected chi connectivity index (χ1v) is 10.5. The van der Waals surface area contributed by atoms with Gasteiger partial charge in [0.2, 0.25) is 11.8 Å². The Morgan fingerprint density at radius 3 is 2.59 bits per heavy atom. The number of carbonyl (C=O) groups is 1. The molecule has 3 rings (SSSR count). The van der Waals surface area contributed by atoms with E-state index in [-0.39, 0.29) is 17.7 Å². The Morgan fingerprint density at radius 1 is 1.17 bits per heavy atom. The molecule has 8 heteroatoms. The molecule has 1 amide bonds. The molecule has 6 nitrogen and oxygen atoms in total. The van der Waals surface area contributed by atoms with Crippen LogP contribution in [-0.2, 0) is 11.2 Å². The van der Waals surface area contributed by atoms with Gasteiger partial charge in [0.25, 0.3) is 5.22 Å². The van der Waals surface area contributed by atoms with Gasteiger partial charge in [0, 0.05) is 16.6 Å². The SMILES string of the molecule is COc1ccc(CCC(C)NC(=O)CSc2nnc(-c3ccc(Cl)cc3)o2)cc1. The van der Waals surface area contributed by atoms with Gasteiger partial charge in [0.15, 0.2) is 0 Å². The first-order chi connectivity index (χ1) is 14.0. The molecule has 1 N–H and O–H groups in total. The zero-order chi connectivity index (χ0) is 20.6. The minimum Gasteiger partial charge on any atom is -0.497 e. The fraction of sp³-hybridized carbons (Fsp3) is 0.286. The molecular formula is C21H22ClN3O3S. The number of aromatic nitrogens is 2. The monoisotopic (exact) mass is 431 g/mol. The lowest BCUT2D eigenvalue weighted by Crippen LogP contribution is -2.34. The molecule has 3 aromatic rings. The van der Waals surface area contributed by atoms with E-state index in [1.54, 1.807) is 19.2 Å². The van der Waals surface area contributed by atoms with Gasteiger partial charge >= 0.3 is 0 Å². The Balaban J connectivity index is 1.41. The third kappa shape index (κ3) is 6.51. The number of aryl methyl sites for hydroxylation is 1. The number of rotatable bonds is 9. The summed E-state index contributed by atoms with van der Waals surface area (Å²) >= 11 is 7.10. The number of hydrogen-bond donors (Lipinski definition) is 1. The number of carbonyl (C=O) groups excluding carboxylic acids is 1. The average Bonchev–Trinajstić information content (AvgIpc) is 3.21. The fourth-order valence-corrected chi connectivity index (χ4v) is 3.37. The molecular weight excluding hydrogens is 410 g/mol. The van der Waals surface area contributed by atoms with Crippen molar-refractivity contribution in [2.45, 2.75) is 31.0 Å². The van der Waals surface area contributed by atoms with Crippen LogP contribution >= 0.6 is 23.4 Å². The van der Waals surface area contributed by atoms with Gasteiger partial charge < -0.3 is 14.5 Å². The second-order valence-electron chi connectivity index (χ2n) is 6.52. The predicted octanol–water partition coefficient (Wildman–Crippen LogP) is 4.63. The molecule has 1 aromatic heterocycles. The van der Waals surface area contributed by atoms with Crippen molar-refractivity contribution >= 4 is 29.3 Å². The normalized spacial score (nSPS) is 11.8. The van der Waals surface area contributed by atoms with Crippen LogP contribution in [0.5, 0.6) is 5.75 Å². The van der Waals surface area contributed by atoms with E-state index in [0.717, 1.165) is 24.2 Å². The van der Waals surface area contributed by atoms with Gasteiger partial charge in [-0.05, 0) is 61.7 Å². The molecule has 1 heterocycles. The van der Waals surface area contributed by atoms with Crippen molar-refractivity contribution < 1.29 is 13.9 Å². The average molecular weight is 432 g/mol. The summed E-state index contributed by atoms with van der Waals surface area (Å²) in [6.07, 6.45) is 1.73. The highest BCUT2D eigenvalue weighted by Gasteiger charge is 2.13. The summed E-state index contributed by atoms with van der Waals surface area (Å²) in [6, 6.07) is 15.2. The Bertz CT molecular complexity index is 929. The smallest absolute Gasteiger partial charge is 0.277 e. The number of nitrogens with zero attached hydrogens (tertiary/aromatic N) is 2. The minimum atomic E-state index is -0.0662. The molecule has 0 aliphatic rings. The van der Waals surface area contributed by atoms with Gasteiger partial charge in [-0.1, -0.05) is 35.5 Å². The second-order valence-corrected chi connectivity index (χ2v) is 7.89. The molecule has 0 radical (unpaired) electrons. The molecule has 0 saturated carbocycles. The van der Waals surface area contributed by atoms with Crippen molar-refractivity contribution in [3.05, 3.63) is 59.1 Å². The highest BCUT2D eigenvalue weighted by molar-refractivity contribution is 7.99. The molecule has 0 saturated heterocycles. The van der Waals surface area contributed by atoms with Gasteiger partial charge in [0.05, 0.1) is 12.9 Å². The second kappa shape index (κ2) is 10.3. The van der Waals surface area contributed by atoms with Crippen LogP contribution in [-0.4, -0.2) is 35.0 Å². The Hall–Kier alpha value is -2.51. The standard InChI is InChI=1S/C21H22ClN3O3S/c1-14(3-4-15-5-11-18(27-2)12-6-15)23-19(26)13-29-21-25-24-20(28-21)16-7-9-17(22)10-8-16/h5-12,14H,3-4,13H2,1-2H3,(H,23,26). The summed E-state index contributed by atoms with van der Waals surface area (Å²) in [5.74, 6) is 1.39. The van der Waals surface area contributed by atoms with Crippen LogP contribution in [0.1, 0.15) is 18.9 Å². The summed E-state index contributed by atoms with van der Waals surface area (Å²) in [5, 5.41) is 12.0. The highest BCUT2D eigenvalue weighted by Crippen LogP contribution is 2.24. The van der Waals surface area contributed by atoms with Crippen molar-refractivity contribution in [1.29, 1.82) is 0 Å². The Kier molecular flexibility index (Phi) is 7.55. The van der Waals surface area contributed by atoms with Crippen LogP contribution in [0.2, 0.25) is 5.02 Å². The van der Waals surface area contributed by atoms with Gasteiger partial charge in [-0.15, -0.1) is 10.2 Å². The molecule has 0 aliphatic heterocycles. The summed E-state index contributed by atoms with van der Waals surface area (Å²) in [5.41, 5.74) is 1.99. The lowest BCUT2D eigenvalue weighted by atomic mass is 10.1. The molecule has 2 aromatic carbocycles. The Labute approximate surface area is 179 Å². The lowest BCUT2D eigenvalue weighted by Gasteiger charge is -2.13. The molecule has 1 atom stereocenters. The number of ether oxygens (including phenoxy) is 1. The topological polar surface area (TPSA) is 77.2 Å². The summed E-state index contributed by atoms with van der Waals surface area (Å²) < 4.78 is 10.8. The number of methoxy groups -OCH3 is 1. The number of amides is 1. The van der Waals surface area contributed by atoms with Crippen LogP contribution < -0.4 is 10.1 Å². The molecule has 0 spiro atoms. The summed E-state index contributed by atoms with van der Waals surface area (Å²) in [4.78, 5) is 12.2. The zero-order valence-electron chi connectivity index (χ0n) is 16.2. The highest BCUT2D eigenvalue weighted by atomic mass is 35.5. The van der Waals surface area contributed by atoms with Gasteiger partial charge in [-0.2, -0.15) is 0 Å². The number of hydrogen-bond acceptors (Lipinski definition) is 6. The molecule has 29 heavy (non-hydrogen) atoms. The van der Waals surface area contributed by atoms with E-state index in [1.807, 2.05) is 43.3 Å². The number of nitrogens with one attached hydrogen (secondary N) is 1. The van der Waals surface area contributed by atoms with E-state index in [9.17, 15) is 4.79 Å². The molecule has 0 fully saturated rings. The Morgan fingerprint density at radius 2 is 1.90 bits per heavy atom. The van der Waals surface area contributed by atoms with E-state index < -0.39 is 0 Å². The molecule has 152 valence electrons. The van der Waals surface area contributed by atoms with Crippen molar-refractivity contribution in [3.8, 4) is 17.2 Å². The van der Waals surface area contributed by atoms with Crippen molar-refractivity contribution in [2.75, 3.05) is 12.9 Å². The van der Waals surface area contributed by atoms with Crippen LogP contribution in [0.4, 0.5) is 0 Å². The van der Waals surface area contributed by atoms with Crippen molar-refractivity contribution in [3.63, 3.8) is 0 Å². The van der Waals surface area contributed by atoms with E-state index >= 15 is 0 Å². The van der Waals surface area contributed by atoms with Crippen LogP contribution in [0, 0.1) is 0 Å². The summed E-state index contributed by atoms with van der Waals surface area (Å²) in [7, 11) is 1.65. The first-order valence-electron chi connectivity index (χ1n) is 9.18. The van der Waals surface area contributed by atoms with E-state index in [0.29, 0.717) is 16.1 Å². The van der Waals surface area contributed by atoms with Crippen LogP contribution in [0.3, 0.4) is 0 Å². The van der Waals surface area contributed by atoms with Gasteiger partial charge in [-0.3, -0.25) is 4.79 Å². The largest absolute Gasteiger partial charge is 0.497 e. The van der Waals surface area contributed by atoms with Gasteiger partial charge in [-0.25, -0.2) is 0 Å². The molecule has 0 aliphatic carbocycles.